The number of amides is 2. The molecule has 2 fully saturated rings. The van der Waals surface area contributed by atoms with Crippen molar-refractivity contribution in [3.05, 3.63) is 24.3 Å². The first-order valence-corrected chi connectivity index (χ1v) is 7.43. The van der Waals surface area contributed by atoms with Gasteiger partial charge in [0.1, 0.15) is 0 Å². The van der Waals surface area contributed by atoms with E-state index < -0.39 is 0 Å². The second kappa shape index (κ2) is 5.55. The number of hydrogen-bond acceptors (Lipinski definition) is 2. The molecule has 18 heavy (non-hydrogen) atoms. The first-order chi connectivity index (χ1) is 8.61. The molecule has 2 aliphatic rings. The summed E-state index contributed by atoms with van der Waals surface area (Å²) in [5.41, 5.74) is 1.29. The molecule has 0 spiro atoms. The van der Waals surface area contributed by atoms with Crippen LogP contribution in [0, 0.1) is 17.8 Å². The lowest BCUT2D eigenvalue weighted by Crippen LogP contribution is -2.39. The Bertz CT molecular complexity index is 416. The number of allylic oxidation sites excluding steroid dienone is 3. The van der Waals surface area contributed by atoms with Crippen LogP contribution in [0.15, 0.2) is 24.3 Å². The van der Waals surface area contributed by atoms with Gasteiger partial charge in [-0.3, -0.25) is 9.59 Å². The van der Waals surface area contributed by atoms with Crippen molar-refractivity contribution in [3.63, 3.8) is 0 Å². The van der Waals surface area contributed by atoms with Crippen molar-refractivity contribution in [2.24, 2.45) is 17.8 Å². The molecule has 0 radical (unpaired) electrons. The van der Waals surface area contributed by atoms with Crippen LogP contribution in [-0.4, -0.2) is 14.9 Å². The lowest BCUT2D eigenvalue weighted by molar-refractivity contribution is -0.131. The molecule has 0 N–H and O–H groups in total. The van der Waals surface area contributed by atoms with Crippen LogP contribution in [0.2, 0.25) is 0 Å². The van der Waals surface area contributed by atoms with Gasteiger partial charge in [0, 0.05) is 0 Å². The van der Waals surface area contributed by atoms with Crippen LogP contribution in [0.1, 0.15) is 32.6 Å². The molecule has 1 aliphatic carbocycles. The van der Waals surface area contributed by atoms with Gasteiger partial charge in [-0.15, -0.1) is 0 Å². The third kappa shape index (κ3) is 2.15. The average molecular weight is 359 g/mol. The van der Waals surface area contributed by atoms with Gasteiger partial charge in [0.15, 0.2) is 0 Å². The van der Waals surface area contributed by atoms with Crippen molar-refractivity contribution in [1.29, 1.82) is 0 Å². The molecular formula is C14H18INO2. The Morgan fingerprint density at radius 2 is 2.22 bits per heavy atom. The Morgan fingerprint density at radius 3 is 2.78 bits per heavy atom. The summed E-state index contributed by atoms with van der Waals surface area (Å²) in [6.07, 6.45) is 7.94. The fourth-order valence-electron chi connectivity index (χ4n) is 2.94. The Labute approximate surface area is 122 Å². The van der Waals surface area contributed by atoms with E-state index >= 15 is 0 Å². The lowest BCUT2D eigenvalue weighted by atomic mass is 9.62. The highest BCUT2D eigenvalue weighted by atomic mass is 127. The van der Waals surface area contributed by atoms with Gasteiger partial charge >= 0.3 is 0 Å². The second-order valence-electron chi connectivity index (χ2n) is 5.01. The summed E-state index contributed by atoms with van der Waals surface area (Å²) >= 11 is 1.83. The van der Waals surface area contributed by atoms with Crippen LogP contribution in [0.5, 0.6) is 0 Å². The summed E-state index contributed by atoms with van der Waals surface area (Å²) in [5, 5.41) is 0. The van der Waals surface area contributed by atoms with Gasteiger partial charge in [-0.05, 0) is 25.2 Å². The van der Waals surface area contributed by atoms with Gasteiger partial charge in [0.2, 0.25) is 11.8 Å². The van der Waals surface area contributed by atoms with Crippen molar-refractivity contribution in [2.45, 2.75) is 32.6 Å². The number of halogens is 1. The molecule has 0 aromatic rings. The number of nitrogens with zero attached hydrogens (tertiary/aromatic N) is 1. The topological polar surface area (TPSA) is 37.4 Å². The molecule has 1 saturated carbocycles. The van der Waals surface area contributed by atoms with Crippen molar-refractivity contribution in [2.75, 3.05) is 0 Å². The Balaban J connectivity index is 2.12. The fraction of sp³-hybridized carbons (Fsp3) is 0.571. The van der Waals surface area contributed by atoms with Crippen molar-refractivity contribution < 1.29 is 9.59 Å². The first-order valence-electron chi connectivity index (χ1n) is 6.46. The van der Waals surface area contributed by atoms with Crippen LogP contribution in [0.4, 0.5) is 0 Å². The third-order valence-electron chi connectivity index (χ3n) is 3.99. The van der Waals surface area contributed by atoms with E-state index in [1.807, 2.05) is 28.9 Å². The fourth-order valence-corrected chi connectivity index (χ4v) is 3.62. The standard InChI is InChI=1S/C14H18INO2/c1-3-5-7-9(6-4-2)10-8-11-12(10)14(18)16(15)13(11)17/h4,6,10-12H,2-3,5,7-8H2,1H3/b9-6-/t10?,11-,12?/m1/s1. The van der Waals surface area contributed by atoms with Crippen LogP contribution in [0.3, 0.4) is 0 Å². The quantitative estimate of drug-likeness (QED) is 0.327. The highest BCUT2D eigenvalue weighted by molar-refractivity contribution is 14.1. The molecular weight excluding hydrogens is 341 g/mol. The maximum Gasteiger partial charge on any atom is 0.242 e. The summed E-state index contributed by atoms with van der Waals surface area (Å²) < 4.78 is 1.28. The Morgan fingerprint density at radius 1 is 1.50 bits per heavy atom. The van der Waals surface area contributed by atoms with E-state index in [0.29, 0.717) is 0 Å². The Kier molecular flexibility index (Phi) is 4.25. The predicted molar refractivity (Wildman–Crippen MR) is 78.8 cm³/mol. The number of fused-ring (bicyclic) bond motifs is 1. The van der Waals surface area contributed by atoms with Crippen LogP contribution >= 0.6 is 22.9 Å². The van der Waals surface area contributed by atoms with Gasteiger partial charge in [-0.2, -0.15) is 0 Å². The molecule has 3 atom stereocenters. The molecule has 1 aliphatic heterocycles. The molecule has 0 aromatic carbocycles. The summed E-state index contributed by atoms with van der Waals surface area (Å²) in [5.74, 6) is 0.0890. The Hall–Kier alpha value is -0.650. The number of unbranched alkanes of at least 4 members (excludes halogenated alkanes) is 1. The third-order valence-corrected chi connectivity index (χ3v) is 4.94. The minimum absolute atomic E-state index is 0.00436. The monoisotopic (exact) mass is 359 g/mol. The van der Waals surface area contributed by atoms with E-state index in [1.165, 1.54) is 8.69 Å². The molecule has 0 aromatic heterocycles. The molecule has 0 bridgehead atoms. The molecule has 2 rings (SSSR count). The molecule has 3 nitrogen and oxygen atoms in total. The largest absolute Gasteiger partial charge is 0.273 e. The zero-order valence-corrected chi connectivity index (χ0v) is 12.7. The number of carbonyl (C=O) groups is 2. The molecule has 1 heterocycles. The van der Waals surface area contributed by atoms with Crippen molar-refractivity contribution >= 4 is 34.7 Å². The number of rotatable bonds is 5. The number of carbonyl (C=O) groups excluding carboxylic acids is 2. The van der Waals surface area contributed by atoms with E-state index in [0.717, 1.165) is 25.7 Å². The smallest absolute Gasteiger partial charge is 0.242 e. The first kappa shape index (κ1) is 13.8. The van der Waals surface area contributed by atoms with Crippen molar-refractivity contribution in [3.8, 4) is 0 Å². The van der Waals surface area contributed by atoms with Gasteiger partial charge in [-0.1, -0.05) is 37.6 Å². The van der Waals surface area contributed by atoms with Gasteiger partial charge in [0.25, 0.3) is 0 Å². The highest BCUT2D eigenvalue weighted by Gasteiger charge is 2.58. The molecule has 1 saturated heterocycles. The molecule has 4 heteroatoms. The minimum Gasteiger partial charge on any atom is -0.273 e. The van der Waals surface area contributed by atoms with Gasteiger partial charge in [-0.25, -0.2) is 3.11 Å². The SMILES string of the molecule is C=C/C=C(/CCCC)C1C[C@H]2C(=O)N(I)C(=O)C12. The van der Waals surface area contributed by atoms with Crippen LogP contribution in [0.25, 0.3) is 0 Å². The summed E-state index contributed by atoms with van der Waals surface area (Å²) in [4.78, 5) is 23.8. The molecule has 2 amide bonds. The zero-order chi connectivity index (χ0) is 13.3. The minimum atomic E-state index is -0.0996. The zero-order valence-electron chi connectivity index (χ0n) is 10.6. The normalized spacial score (nSPS) is 31.3. The lowest BCUT2D eigenvalue weighted by Gasteiger charge is -2.38. The van der Waals surface area contributed by atoms with Gasteiger partial charge < -0.3 is 0 Å². The van der Waals surface area contributed by atoms with Crippen LogP contribution in [-0.2, 0) is 9.59 Å². The maximum absolute atomic E-state index is 12.0. The second-order valence-corrected chi connectivity index (χ2v) is 5.98. The van der Waals surface area contributed by atoms with E-state index in [4.69, 9.17) is 0 Å². The summed E-state index contributed by atoms with van der Waals surface area (Å²) in [7, 11) is 0. The highest BCUT2D eigenvalue weighted by Crippen LogP contribution is 2.52. The predicted octanol–water partition coefficient (Wildman–Crippen LogP) is 3.26. The number of imide groups is 1. The number of hydrogen-bond donors (Lipinski definition) is 0. The maximum atomic E-state index is 12.0. The van der Waals surface area contributed by atoms with E-state index in [1.54, 1.807) is 6.08 Å². The summed E-state index contributed by atoms with van der Waals surface area (Å²) in [6.45, 7) is 5.90. The van der Waals surface area contributed by atoms with E-state index in [2.05, 4.69) is 13.5 Å². The summed E-state index contributed by atoms with van der Waals surface area (Å²) in [6, 6.07) is 0. The van der Waals surface area contributed by atoms with Crippen molar-refractivity contribution in [1.82, 2.24) is 3.11 Å². The van der Waals surface area contributed by atoms with E-state index in [9.17, 15) is 9.59 Å². The average Bonchev–Trinajstić information content (AvgIpc) is 2.47. The van der Waals surface area contributed by atoms with E-state index in [-0.39, 0.29) is 29.6 Å². The van der Waals surface area contributed by atoms with Gasteiger partial charge in [0.05, 0.1) is 34.7 Å². The van der Waals surface area contributed by atoms with Crippen LogP contribution < -0.4 is 0 Å². The molecule has 98 valence electrons. The molecule has 2 unspecified atom stereocenters.